The molecule has 21 heavy (non-hydrogen) atoms. The Morgan fingerprint density at radius 3 is 2.33 bits per heavy atom. The van der Waals surface area contributed by atoms with E-state index < -0.39 is 27.7 Å². The Balaban J connectivity index is 2.24. The molecule has 0 aliphatic rings. The van der Waals surface area contributed by atoms with Gasteiger partial charge in [-0.15, -0.1) is 0 Å². The highest BCUT2D eigenvalue weighted by Gasteiger charge is 2.23. The van der Waals surface area contributed by atoms with Crippen molar-refractivity contribution in [3.8, 4) is 0 Å². The van der Waals surface area contributed by atoms with E-state index in [2.05, 4.69) is 0 Å². The summed E-state index contributed by atoms with van der Waals surface area (Å²) in [7, 11) is -1.68. The fourth-order valence-corrected chi connectivity index (χ4v) is 3.17. The minimum Gasteiger partial charge on any atom is -0.293 e. The predicted molar refractivity (Wildman–Crippen MR) is 78.0 cm³/mol. The zero-order valence-electron chi connectivity index (χ0n) is 11.0. The molecular weight excluding hydrogens is 318 g/mol. The maximum atomic E-state index is 13.1. The molecular formula is C15H11ClF2O2S. The Labute approximate surface area is 128 Å². The molecule has 2 aromatic rings. The summed E-state index contributed by atoms with van der Waals surface area (Å²) in [5.41, 5.74) is 0.269. The topological polar surface area (TPSA) is 34.1 Å². The largest absolute Gasteiger partial charge is 0.293 e. The molecule has 2 aromatic carbocycles. The van der Waals surface area contributed by atoms with Crippen molar-refractivity contribution in [2.45, 2.75) is 17.1 Å². The van der Waals surface area contributed by atoms with Crippen molar-refractivity contribution >= 4 is 28.2 Å². The summed E-state index contributed by atoms with van der Waals surface area (Å²) in [4.78, 5) is 12.5. The Morgan fingerprint density at radius 2 is 1.76 bits per heavy atom. The van der Waals surface area contributed by atoms with Gasteiger partial charge in [0.25, 0.3) is 0 Å². The van der Waals surface area contributed by atoms with E-state index >= 15 is 0 Å². The van der Waals surface area contributed by atoms with Gasteiger partial charge in [-0.1, -0.05) is 11.6 Å². The molecule has 6 heteroatoms. The standard InChI is InChI=1S/C15H11ClF2O2S/c1-9(15(19)10-2-4-11(17)5-3-10)21(20)12-6-7-14(18)13(16)8-12/h2-9H,1H3. The van der Waals surface area contributed by atoms with Crippen LogP contribution in [-0.2, 0) is 10.8 Å². The molecule has 0 radical (unpaired) electrons. The summed E-state index contributed by atoms with van der Waals surface area (Å²) in [6, 6.07) is 8.67. The average Bonchev–Trinajstić information content (AvgIpc) is 2.48. The lowest BCUT2D eigenvalue weighted by Gasteiger charge is -2.11. The molecule has 0 amide bonds. The summed E-state index contributed by atoms with van der Waals surface area (Å²) < 4.78 is 38.3. The van der Waals surface area contributed by atoms with Gasteiger partial charge in [-0.05, 0) is 49.4 Å². The summed E-state index contributed by atoms with van der Waals surface area (Å²) >= 11 is 5.64. The third-order valence-corrected chi connectivity index (χ3v) is 4.81. The van der Waals surface area contributed by atoms with E-state index in [0.29, 0.717) is 0 Å². The highest BCUT2D eigenvalue weighted by Crippen LogP contribution is 2.21. The summed E-state index contributed by atoms with van der Waals surface area (Å²) in [6.07, 6.45) is 0. The van der Waals surface area contributed by atoms with Crippen LogP contribution in [0.25, 0.3) is 0 Å². The van der Waals surface area contributed by atoms with Crippen LogP contribution in [0.1, 0.15) is 17.3 Å². The van der Waals surface area contributed by atoms with Crippen LogP contribution in [0.3, 0.4) is 0 Å². The minimum atomic E-state index is -1.68. The van der Waals surface area contributed by atoms with Gasteiger partial charge in [-0.2, -0.15) is 0 Å². The maximum Gasteiger partial charge on any atom is 0.178 e. The van der Waals surface area contributed by atoms with Crippen molar-refractivity contribution < 1.29 is 17.8 Å². The molecule has 0 saturated carbocycles. The lowest BCUT2D eigenvalue weighted by atomic mass is 10.1. The predicted octanol–water partition coefficient (Wildman–Crippen LogP) is 4.00. The van der Waals surface area contributed by atoms with Crippen molar-refractivity contribution in [2.24, 2.45) is 0 Å². The number of hydrogen-bond acceptors (Lipinski definition) is 2. The zero-order valence-corrected chi connectivity index (χ0v) is 12.5. The number of carbonyl (C=O) groups is 1. The van der Waals surface area contributed by atoms with Gasteiger partial charge >= 0.3 is 0 Å². The lowest BCUT2D eigenvalue weighted by molar-refractivity contribution is 0.0992. The Kier molecular flexibility index (Phi) is 4.85. The number of carbonyl (C=O) groups excluding carboxylic acids is 1. The molecule has 0 aliphatic carbocycles. The molecule has 0 aliphatic heterocycles. The summed E-state index contributed by atoms with van der Waals surface area (Å²) in [6.45, 7) is 1.50. The van der Waals surface area contributed by atoms with Crippen molar-refractivity contribution in [3.05, 3.63) is 64.7 Å². The number of Topliss-reactive ketones (excluding diaryl/α,β-unsaturated/α-hetero) is 1. The van der Waals surface area contributed by atoms with Crippen molar-refractivity contribution in [1.29, 1.82) is 0 Å². The van der Waals surface area contributed by atoms with Crippen LogP contribution >= 0.6 is 11.6 Å². The zero-order chi connectivity index (χ0) is 15.6. The molecule has 2 nitrogen and oxygen atoms in total. The quantitative estimate of drug-likeness (QED) is 0.795. The summed E-state index contributed by atoms with van der Waals surface area (Å²) in [5, 5.41) is -1.00. The van der Waals surface area contributed by atoms with Gasteiger partial charge in [0.15, 0.2) is 5.78 Å². The fourth-order valence-electron chi connectivity index (χ4n) is 1.75. The SMILES string of the molecule is CC(C(=O)c1ccc(F)cc1)S(=O)c1ccc(F)c(Cl)c1. The molecule has 0 N–H and O–H groups in total. The monoisotopic (exact) mass is 328 g/mol. The molecule has 2 atom stereocenters. The number of ketones is 1. The van der Waals surface area contributed by atoms with Crippen LogP contribution in [0.2, 0.25) is 5.02 Å². The van der Waals surface area contributed by atoms with E-state index in [0.717, 1.165) is 18.2 Å². The van der Waals surface area contributed by atoms with Gasteiger partial charge < -0.3 is 0 Å². The van der Waals surface area contributed by atoms with E-state index in [-0.39, 0.29) is 21.3 Å². The Hall–Kier alpha value is -1.59. The highest BCUT2D eigenvalue weighted by atomic mass is 35.5. The van der Waals surface area contributed by atoms with Gasteiger partial charge in [0, 0.05) is 10.5 Å². The molecule has 2 unspecified atom stereocenters. The first-order chi connectivity index (χ1) is 9.90. The van der Waals surface area contributed by atoms with Crippen LogP contribution in [0.5, 0.6) is 0 Å². The molecule has 0 aromatic heterocycles. The first-order valence-electron chi connectivity index (χ1n) is 6.05. The van der Waals surface area contributed by atoms with E-state index in [4.69, 9.17) is 11.6 Å². The first kappa shape index (κ1) is 15.8. The van der Waals surface area contributed by atoms with E-state index in [9.17, 15) is 17.8 Å². The van der Waals surface area contributed by atoms with Crippen LogP contribution in [0.15, 0.2) is 47.4 Å². The number of rotatable bonds is 4. The van der Waals surface area contributed by atoms with E-state index in [1.165, 1.54) is 31.2 Å². The lowest BCUT2D eigenvalue weighted by Crippen LogP contribution is -2.22. The molecule has 0 saturated heterocycles. The summed E-state index contributed by atoms with van der Waals surface area (Å²) in [5.74, 6) is -1.45. The third kappa shape index (κ3) is 3.54. The van der Waals surface area contributed by atoms with Crippen molar-refractivity contribution in [1.82, 2.24) is 0 Å². The fraction of sp³-hybridized carbons (Fsp3) is 0.133. The van der Waals surface area contributed by atoms with Crippen LogP contribution in [0, 0.1) is 11.6 Å². The Morgan fingerprint density at radius 1 is 1.14 bits per heavy atom. The van der Waals surface area contributed by atoms with Crippen LogP contribution in [-0.4, -0.2) is 15.2 Å². The van der Waals surface area contributed by atoms with E-state index in [1.54, 1.807) is 0 Å². The third-order valence-electron chi connectivity index (χ3n) is 2.94. The van der Waals surface area contributed by atoms with Crippen molar-refractivity contribution in [2.75, 3.05) is 0 Å². The smallest absolute Gasteiger partial charge is 0.178 e. The normalized spacial score (nSPS) is 13.7. The Bertz CT molecular complexity index is 701. The minimum absolute atomic E-state index is 0.151. The van der Waals surface area contributed by atoms with Gasteiger partial charge in [0.2, 0.25) is 0 Å². The van der Waals surface area contributed by atoms with E-state index in [1.807, 2.05) is 0 Å². The van der Waals surface area contributed by atoms with Gasteiger partial charge in [0.1, 0.15) is 11.6 Å². The number of benzene rings is 2. The maximum absolute atomic E-state index is 13.1. The van der Waals surface area contributed by atoms with Crippen LogP contribution in [0.4, 0.5) is 8.78 Å². The second-order valence-corrected chi connectivity index (χ2v) is 6.57. The molecule has 110 valence electrons. The molecule has 2 rings (SSSR count). The van der Waals surface area contributed by atoms with Gasteiger partial charge in [-0.25, -0.2) is 8.78 Å². The molecule has 0 heterocycles. The average molecular weight is 329 g/mol. The number of hydrogen-bond donors (Lipinski definition) is 0. The first-order valence-corrected chi connectivity index (χ1v) is 7.64. The molecule has 0 spiro atoms. The van der Waals surface area contributed by atoms with Crippen molar-refractivity contribution in [3.63, 3.8) is 0 Å². The second kappa shape index (κ2) is 6.45. The molecule has 0 fully saturated rings. The highest BCUT2D eigenvalue weighted by molar-refractivity contribution is 7.86. The second-order valence-electron chi connectivity index (χ2n) is 4.39. The van der Waals surface area contributed by atoms with Gasteiger partial charge in [0.05, 0.1) is 21.1 Å². The molecule has 0 bridgehead atoms. The van der Waals surface area contributed by atoms with Crippen LogP contribution < -0.4 is 0 Å². The van der Waals surface area contributed by atoms with Gasteiger partial charge in [-0.3, -0.25) is 9.00 Å². The number of halogens is 3.